The van der Waals surface area contributed by atoms with Gasteiger partial charge in [-0.25, -0.2) is 9.18 Å². The molecule has 1 heterocycles. The number of fused-ring (bicyclic) bond motifs is 3. The van der Waals surface area contributed by atoms with E-state index in [1.165, 1.54) is 18.2 Å². The minimum absolute atomic E-state index is 0.248. The number of halogens is 1. The molecule has 0 spiro atoms. The zero-order chi connectivity index (χ0) is 17.2. The summed E-state index contributed by atoms with van der Waals surface area (Å²) in [7, 11) is 0. The van der Waals surface area contributed by atoms with Gasteiger partial charge in [-0.15, -0.1) is 0 Å². The lowest BCUT2D eigenvalue weighted by atomic mass is 10.0. The summed E-state index contributed by atoms with van der Waals surface area (Å²) in [5.41, 5.74) is 2.11. The molecular formula is C21H16FNO2. The fraction of sp³-hybridized carbons (Fsp3) is 0.0952. The van der Waals surface area contributed by atoms with Gasteiger partial charge in [-0.3, -0.25) is 0 Å². The van der Waals surface area contributed by atoms with Crippen molar-refractivity contribution in [2.24, 2.45) is 0 Å². The standard InChI is InChI=1S/C21H16FNO2/c22-17-8-5-14(6-9-17)12-23-13-16-11-20(24)25-19-10-7-15-3-1-2-4-18(15)21(16)19/h1-11,23H,12-13H2. The second-order valence-corrected chi connectivity index (χ2v) is 5.98. The van der Waals surface area contributed by atoms with E-state index >= 15 is 0 Å². The summed E-state index contributed by atoms with van der Waals surface area (Å²) >= 11 is 0. The van der Waals surface area contributed by atoms with Crippen LogP contribution in [0.4, 0.5) is 4.39 Å². The number of hydrogen-bond donors (Lipinski definition) is 1. The van der Waals surface area contributed by atoms with Crippen LogP contribution < -0.4 is 10.9 Å². The number of nitrogens with one attached hydrogen (secondary N) is 1. The van der Waals surface area contributed by atoms with Gasteiger partial charge < -0.3 is 9.73 Å². The first kappa shape index (κ1) is 15.5. The van der Waals surface area contributed by atoms with E-state index in [0.29, 0.717) is 18.7 Å². The maximum absolute atomic E-state index is 13.0. The van der Waals surface area contributed by atoms with Crippen molar-refractivity contribution in [3.05, 3.63) is 94.1 Å². The summed E-state index contributed by atoms with van der Waals surface area (Å²) in [5, 5.41) is 6.43. The third-order valence-electron chi connectivity index (χ3n) is 4.27. The van der Waals surface area contributed by atoms with E-state index in [9.17, 15) is 9.18 Å². The first-order valence-corrected chi connectivity index (χ1v) is 8.10. The Morgan fingerprint density at radius 1 is 0.920 bits per heavy atom. The third-order valence-corrected chi connectivity index (χ3v) is 4.27. The highest BCUT2D eigenvalue weighted by atomic mass is 19.1. The van der Waals surface area contributed by atoms with Crippen molar-refractivity contribution in [2.75, 3.05) is 0 Å². The molecule has 1 N–H and O–H groups in total. The highest BCUT2D eigenvalue weighted by Crippen LogP contribution is 2.27. The van der Waals surface area contributed by atoms with E-state index in [2.05, 4.69) is 5.32 Å². The molecule has 25 heavy (non-hydrogen) atoms. The molecule has 1 aromatic heterocycles. The monoisotopic (exact) mass is 333 g/mol. The van der Waals surface area contributed by atoms with Gasteiger partial charge in [0.05, 0.1) is 0 Å². The van der Waals surface area contributed by atoms with Gasteiger partial charge in [-0.2, -0.15) is 0 Å². The van der Waals surface area contributed by atoms with Gasteiger partial charge in [0.1, 0.15) is 11.4 Å². The smallest absolute Gasteiger partial charge is 0.336 e. The molecule has 4 aromatic rings. The molecule has 0 saturated heterocycles. The zero-order valence-electron chi connectivity index (χ0n) is 13.5. The first-order chi connectivity index (χ1) is 12.2. The minimum Gasteiger partial charge on any atom is -0.423 e. The van der Waals surface area contributed by atoms with Crippen LogP contribution in [-0.2, 0) is 13.1 Å². The number of hydrogen-bond acceptors (Lipinski definition) is 3. The van der Waals surface area contributed by atoms with Crippen molar-refractivity contribution in [3.8, 4) is 0 Å². The second-order valence-electron chi connectivity index (χ2n) is 5.98. The van der Waals surface area contributed by atoms with Crippen LogP contribution in [0.3, 0.4) is 0 Å². The van der Waals surface area contributed by atoms with Gasteiger partial charge in [-0.05, 0) is 40.1 Å². The first-order valence-electron chi connectivity index (χ1n) is 8.10. The highest BCUT2D eigenvalue weighted by molar-refractivity contribution is 6.07. The molecule has 0 saturated carbocycles. The van der Waals surface area contributed by atoms with E-state index in [4.69, 9.17) is 4.42 Å². The fourth-order valence-corrected chi connectivity index (χ4v) is 3.10. The van der Waals surface area contributed by atoms with Gasteiger partial charge in [0.15, 0.2) is 0 Å². The SMILES string of the molecule is O=c1cc(CNCc2ccc(F)cc2)c2c(ccc3ccccc32)o1. The van der Waals surface area contributed by atoms with E-state index in [1.54, 1.807) is 12.1 Å². The Balaban J connectivity index is 1.69. The molecule has 4 heteroatoms. The van der Waals surface area contributed by atoms with E-state index in [0.717, 1.165) is 27.3 Å². The van der Waals surface area contributed by atoms with Crippen LogP contribution in [0.1, 0.15) is 11.1 Å². The van der Waals surface area contributed by atoms with Crippen LogP contribution in [0.25, 0.3) is 21.7 Å². The molecule has 0 unspecified atom stereocenters. The van der Waals surface area contributed by atoms with E-state index in [1.807, 2.05) is 36.4 Å². The van der Waals surface area contributed by atoms with Gasteiger partial charge in [0, 0.05) is 24.5 Å². The molecule has 0 amide bonds. The molecule has 0 aliphatic carbocycles. The van der Waals surface area contributed by atoms with E-state index in [-0.39, 0.29) is 11.4 Å². The lowest BCUT2D eigenvalue weighted by Crippen LogP contribution is -2.14. The van der Waals surface area contributed by atoms with Gasteiger partial charge in [0.2, 0.25) is 0 Å². The average molecular weight is 333 g/mol. The van der Waals surface area contributed by atoms with Crippen LogP contribution in [0.5, 0.6) is 0 Å². The highest BCUT2D eigenvalue weighted by Gasteiger charge is 2.09. The summed E-state index contributed by atoms with van der Waals surface area (Å²) in [6.07, 6.45) is 0. The Hall–Kier alpha value is -2.98. The Morgan fingerprint density at radius 3 is 2.56 bits per heavy atom. The topological polar surface area (TPSA) is 42.2 Å². The van der Waals surface area contributed by atoms with Crippen molar-refractivity contribution < 1.29 is 8.81 Å². The zero-order valence-corrected chi connectivity index (χ0v) is 13.5. The molecule has 0 atom stereocenters. The molecule has 0 aliphatic heterocycles. The summed E-state index contributed by atoms with van der Waals surface area (Å²) in [6, 6.07) is 19.7. The van der Waals surface area contributed by atoms with Crippen LogP contribution in [0.2, 0.25) is 0 Å². The summed E-state index contributed by atoms with van der Waals surface area (Å²) < 4.78 is 18.3. The molecule has 0 fully saturated rings. The lowest BCUT2D eigenvalue weighted by molar-refractivity contribution is 0.557. The van der Waals surface area contributed by atoms with Crippen LogP contribution >= 0.6 is 0 Å². The predicted molar refractivity (Wildman–Crippen MR) is 96.9 cm³/mol. The third kappa shape index (κ3) is 3.16. The summed E-state index contributed by atoms with van der Waals surface area (Å²) in [4.78, 5) is 11.9. The molecule has 4 rings (SSSR count). The van der Waals surface area contributed by atoms with Gasteiger partial charge in [0.25, 0.3) is 0 Å². The molecule has 3 aromatic carbocycles. The largest absolute Gasteiger partial charge is 0.423 e. The van der Waals surface area contributed by atoms with E-state index < -0.39 is 0 Å². The van der Waals surface area contributed by atoms with Crippen LogP contribution in [0.15, 0.2) is 75.9 Å². The molecule has 124 valence electrons. The van der Waals surface area contributed by atoms with Crippen molar-refractivity contribution in [3.63, 3.8) is 0 Å². The fourth-order valence-electron chi connectivity index (χ4n) is 3.10. The molecule has 3 nitrogen and oxygen atoms in total. The number of rotatable bonds is 4. The van der Waals surface area contributed by atoms with Gasteiger partial charge >= 0.3 is 5.63 Å². The molecule has 0 radical (unpaired) electrons. The normalized spacial score (nSPS) is 11.2. The lowest BCUT2D eigenvalue weighted by Gasteiger charge is -2.10. The predicted octanol–water partition coefficient (Wildman–Crippen LogP) is 4.38. The van der Waals surface area contributed by atoms with Gasteiger partial charge in [-0.1, -0.05) is 42.5 Å². The van der Waals surface area contributed by atoms with Crippen molar-refractivity contribution >= 4 is 21.7 Å². The summed E-state index contributed by atoms with van der Waals surface area (Å²) in [6.45, 7) is 1.11. The minimum atomic E-state index is -0.360. The Morgan fingerprint density at radius 2 is 1.72 bits per heavy atom. The summed E-state index contributed by atoms with van der Waals surface area (Å²) in [5.74, 6) is -0.248. The quantitative estimate of drug-likeness (QED) is 0.445. The molecule has 0 bridgehead atoms. The molecule has 0 aliphatic rings. The maximum Gasteiger partial charge on any atom is 0.336 e. The second kappa shape index (κ2) is 6.49. The van der Waals surface area contributed by atoms with Crippen molar-refractivity contribution in [1.29, 1.82) is 0 Å². The van der Waals surface area contributed by atoms with Crippen LogP contribution in [0, 0.1) is 5.82 Å². The Kier molecular flexibility index (Phi) is 4.04. The number of benzene rings is 3. The Bertz CT molecular complexity index is 1100. The Labute approximate surface area is 143 Å². The van der Waals surface area contributed by atoms with Crippen molar-refractivity contribution in [2.45, 2.75) is 13.1 Å². The maximum atomic E-state index is 13.0. The van der Waals surface area contributed by atoms with Crippen molar-refractivity contribution in [1.82, 2.24) is 5.32 Å². The molecular weight excluding hydrogens is 317 g/mol. The average Bonchev–Trinajstić information content (AvgIpc) is 2.62. The van der Waals surface area contributed by atoms with Crippen LogP contribution in [-0.4, -0.2) is 0 Å².